The molecule has 0 saturated carbocycles. The van der Waals surface area contributed by atoms with Gasteiger partial charge in [0.2, 0.25) is 0 Å². The monoisotopic (exact) mass is 388 g/mol. The number of hydrogen-bond donors (Lipinski definition) is 1. The molecule has 0 spiro atoms. The number of hydrogen-bond acceptors (Lipinski definition) is 3. The van der Waals surface area contributed by atoms with Gasteiger partial charge in [-0.05, 0) is 38.8 Å². The number of nitrogens with one attached hydrogen (secondary N) is 1. The van der Waals surface area contributed by atoms with E-state index in [-0.39, 0.29) is 12.1 Å². The zero-order valence-corrected chi connectivity index (χ0v) is 18.4. The predicted octanol–water partition coefficient (Wildman–Crippen LogP) is 3.89. The zero-order valence-electron chi connectivity index (χ0n) is 17.4. The molecule has 2 aromatic rings. The molecule has 6 heteroatoms. The van der Waals surface area contributed by atoms with E-state index in [1.54, 1.807) is 0 Å². The van der Waals surface area contributed by atoms with E-state index in [0.29, 0.717) is 19.8 Å². The third-order valence-corrected chi connectivity index (χ3v) is 6.79. The van der Waals surface area contributed by atoms with Crippen molar-refractivity contribution in [2.24, 2.45) is 0 Å². The van der Waals surface area contributed by atoms with Crippen molar-refractivity contribution in [3.8, 4) is 0 Å². The molecule has 1 saturated heterocycles. The molecule has 1 N–H and O–H groups in total. The topological polar surface area (TPSA) is 54.6 Å². The first-order valence-electron chi connectivity index (χ1n) is 9.74. The first kappa shape index (κ1) is 20.0. The Morgan fingerprint density at radius 1 is 1.30 bits per heavy atom. The molecule has 1 amide bonds. The smallest absolute Gasteiger partial charge is 0.410 e. The van der Waals surface area contributed by atoms with Crippen molar-refractivity contribution >= 4 is 30.4 Å². The molecule has 0 aliphatic carbocycles. The zero-order chi connectivity index (χ0) is 19.8. The van der Waals surface area contributed by atoms with Gasteiger partial charge in [-0.15, -0.1) is 0 Å². The van der Waals surface area contributed by atoms with Crippen LogP contribution in [0.3, 0.4) is 0 Å². The van der Waals surface area contributed by atoms with E-state index < -0.39 is 13.7 Å². The number of nitrogens with zero attached hydrogens (tertiary/aromatic N) is 1. The molecule has 0 unspecified atom stereocenters. The lowest BCUT2D eigenvalue weighted by Crippen LogP contribution is -2.52. The number of morpholine rings is 1. The number of H-pyrrole nitrogens is 1. The summed E-state index contributed by atoms with van der Waals surface area (Å²) in [4.78, 5) is 18.3. The van der Waals surface area contributed by atoms with E-state index in [1.165, 1.54) is 21.8 Å². The molecule has 5 nitrogen and oxygen atoms in total. The van der Waals surface area contributed by atoms with Crippen molar-refractivity contribution < 1.29 is 14.3 Å². The fourth-order valence-electron chi connectivity index (χ4n) is 3.67. The Balaban J connectivity index is 1.94. The average Bonchev–Trinajstić information content (AvgIpc) is 2.93. The first-order valence-corrected chi connectivity index (χ1v) is 13.2. The minimum absolute atomic E-state index is 0.0112. The van der Waals surface area contributed by atoms with Gasteiger partial charge in [-0.3, -0.25) is 0 Å². The van der Waals surface area contributed by atoms with Crippen LogP contribution in [0.15, 0.2) is 24.3 Å². The number of carbonyl (C=O) groups is 1. The van der Waals surface area contributed by atoms with Crippen LogP contribution in [0.25, 0.3) is 10.9 Å². The van der Waals surface area contributed by atoms with Gasteiger partial charge in [0.1, 0.15) is 5.60 Å². The van der Waals surface area contributed by atoms with Crippen molar-refractivity contribution in [2.45, 2.75) is 58.5 Å². The Labute approximate surface area is 163 Å². The number of aromatic amines is 1. The minimum Gasteiger partial charge on any atom is -0.444 e. The molecule has 1 fully saturated rings. The van der Waals surface area contributed by atoms with Crippen LogP contribution in [-0.4, -0.2) is 55.5 Å². The maximum absolute atomic E-state index is 12.7. The van der Waals surface area contributed by atoms with Gasteiger partial charge < -0.3 is 19.4 Å². The van der Waals surface area contributed by atoms with Gasteiger partial charge in [-0.2, -0.15) is 0 Å². The lowest BCUT2D eigenvalue weighted by Gasteiger charge is -2.37. The molecular formula is C21H32N2O3Si. The van der Waals surface area contributed by atoms with Crippen molar-refractivity contribution in [2.75, 3.05) is 19.8 Å². The van der Waals surface area contributed by atoms with Crippen LogP contribution in [0.5, 0.6) is 0 Å². The maximum atomic E-state index is 12.7. The van der Waals surface area contributed by atoms with Gasteiger partial charge in [0.25, 0.3) is 0 Å². The van der Waals surface area contributed by atoms with Crippen LogP contribution in [0.2, 0.25) is 19.6 Å². The molecule has 2 heterocycles. The summed E-state index contributed by atoms with van der Waals surface area (Å²) < 4.78 is 11.4. The molecule has 1 aliphatic rings. The summed E-state index contributed by atoms with van der Waals surface area (Å²) >= 11 is 0. The van der Waals surface area contributed by atoms with Gasteiger partial charge in [0.05, 0.1) is 27.3 Å². The molecule has 1 aliphatic heterocycles. The molecule has 1 atom stereocenters. The highest BCUT2D eigenvalue weighted by molar-refractivity contribution is 6.88. The minimum atomic E-state index is -1.56. The normalized spacial score (nSPS) is 18.7. The Hall–Kier alpha value is -1.79. The van der Waals surface area contributed by atoms with E-state index in [4.69, 9.17) is 9.47 Å². The molecule has 3 rings (SSSR count). The summed E-state index contributed by atoms with van der Waals surface area (Å²) in [5.74, 6) is 0. The Morgan fingerprint density at radius 3 is 2.67 bits per heavy atom. The Morgan fingerprint density at radius 2 is 2.00 bits per heavy atom. The largest absolute Gasteiger partial charge is 0.444 e. The third kappa shape index (κ3) is 4.55. The highest BCUT2D eigenvalue weighted by Gasteiger charge is 2.33. The Kier molecular flexibility index (Phi) is 5.41. The van der Waals surface area contributed by atoms with E-state index in [9.17, 15) is 4.79 Å². The van der Waals surface area contributed by atoms with Gasteiger partial charge in [0, 0.05) is 22.8 Å². The average molecular weight is 389 g/mol. The number of para-hydroxylation sites is 1. The highest BCUT2D eigenvalue weighted by Crippen LogP contribution is 2.24. The number of ether oxygens (including phenoxy) is 2. The summed E-state index contributed by atoms with van der Waals surface area (Å²) in [7, 11) is -1.56. The highest BCUT2D eigenvalue weighted by atomic mass is 28.3. The van der Waals surface area contributed by atoms with Gasteiger partial charge in [0.15, 0.2) is 0 Å². The van der Waals surface area contributed by atoms with Crippen molar-refractivity contribution in [1.82, 2.24) is 9.88 Å². The van der Waals surface area contributed by atoms with Gasteiger partial charge >= 0.3 is 6.09 Å². The number of amides is 1. The lowest BCUT2D eigenvalue weighted by atomic mass is 10.0. The van der Waals surface area contributed by atoms with Crippen LogP contribution >= 0.6 is 0 Å². The predicted molar refractivity (Wildman–Crippen MR) is 113 cm³/mol. The summed E-state index contributed by atoms with van der Waals surface area (Å²) in [5.41, 5.74) is 2.00. The summed E-state index contributed by atoms with van der Waals surface area (Å²) in [5, 5.41) is 2.61. The molecule has 1 aromatic carbocycles. The number of fused-ring (bicyclic) bond motifs is 1. The number of benzene rings is 1. The third-order valence-electron chi connectivity index (χ3n) is 4.86. The molecule has 0 bridgehead atoms. The number of aromatic nitrogens is 1. The number of carbonyl (C=O) groups excluding carboxylic acids is 1. The van der Waals surface area contributed by atoms with Crippen molar-refractivity contribution in [3.63, 3.8) is 0 Å². The van der Waals surface area contributed by atoms with E-state index >= 15 is 0 Å². The second-order valence-corrected chi connectivity index (χ2v) is 14.4. The summed E-state index contributed by atoms with van der Waals surface area (Å²) in [6, 6.07) is 8.44. The van der Waals surface area contributed by atoms with Crippen LogP contribution in [0.1, 0.15) is 26.3 Å². The molecule has 1 aromatic heterocycles. The van der Waals surface area contributed by atoms with E-state index in [0.717, 1.165) is 6.42 Å². The number of rotatable bonds is 3. The maximum Gasteiger partial charge on any atom is 0.410 e. The lowest BCUT2D eigenvalue weighted by molar-refractivity contribution is -0.0318. The Bertz CT molecular complexity index is 817. The first-order chi connectivity index (χ1) is 12.6. The second-order valence-electron chi connectivity index (χ2n) is 9.38. The quantitative estimate of drug-likeness (QED) is 0.812. The molecule has 27 heavy (non-hydrogen) atoms. The van der Waals surface area contributed by atoms with Gasteiger partial charge in [-0.1, -0.05) is 37.8 Å². The van der Waals surface area contributed by atoms with E-state index in [1.807, 2.05) is 25.7 Å². The van der Waals surface area contributed by atoms with Crippen LogP contribution in [-0.2, 0) is 15.9 Å². The second kappa shape index (κ2) is 7.32. The molecular weight excluding hydrogens is 356 g/mol. The van der Waals surface area contributed by atoms with Crippen LogP contribution < -0.4 is 5.32 Å². The SMILES string of the molecule is CC(C)(C)OC(=O)N1CCOC[C@@H]1Cc1c([Si](C)(C)C)[nH]c2ccccc12. The van der Waals surface area contributed by atoms with Crippen molar-refractivity contribution in [3.05, 3.63) is 29.8 Å². The summed E-state index contributed by atoms with van der Waals surface area (Å²) in [6.07, 6.45) is 0.535. The van der Waals surface area contributed by atoms with E-state index in [2.05, 4.69) is 48.9 Å². The summed E-state index contributed by atoms with van der Waals surface area (Å²) in [6.45, 7) is 14.5. The molecule has 0 radical (unpaired) electrons. The fraction of sp³-hybridized carbons (Fsp3) is 0.571. The fourth-order valence-corrected chi connectivity index (χ4v) is 5.32. The standard InChI is InChI=1S/C21H32N2O3Si/c1-21(2,3)26-20(24)23-11-12-25-14-15(23)13-17-16-9-7-8-10-18(16)22-19(17)27(4,5)6/h7-10,15,22H,11-14H2,1-6H3/t15-/m0/s1. The van der Waals surface area contributed by atoms with Crippen LogP contribution in [0.4, 0.5) is 4.79 Å². The van der Waals surface area contributed by atoms with Crippen LogP contribution in [0, 0.1) is 0 Å². The molecule has 148 valence electrons. The van der Waals surface area contributed by atoms with Crippen molar-refractivity contribution in [1.29, 1.82) is 0 Å². The van der Waals surface area contributed by atoms with Gasteiger partial charge in [-0.25, -0.2) is 4.79 Å².